The van der Waals surface area contributed by atoms with Gasteiger partial charge in [0, 0.05) is 35.8 Å². The number of aromatic amines is 1. The van der Waals surface area contributed by atoms with E-state index in [0.29, 0.717) is 30.8 Å². The molecule has 0 radical (unpaired) electrons. The van der Waals surface area contributed by atoms with Gasteiger partial charge in [0.2, 0.25) is 5.95 Å². The van der Waals surface area contributed by atoms with Gasteiger partial charge in [-0.2, -0.15) is 10.1 Å². The van der Waals surface area contributed by atoms with Crippen LogP contribution in [0.15, 0.2) is 59.9 Å². The van der Waals surface area contributed by atoms with Crippen molar-refractivity contribution in [3.63, 3.8) is 0 Å². The second-order valence-corrected chi connectivity index (χ2v) is 9.43. The Morgan fingerprint density at radius 3 is 2.59 bits per heavy atom. The van der Waals surface area contributed by atoms with Crippen molar-refractivity contribution < 1.29 is 0 Å². The van der Waals surface area contributed by atoms with Crippen molar-refractivity contribution in [2.24, 2.45) is 5.92 Å². The largest absolute Gasteiger partial charge is 0.335 e. The number of pyridine rings is 1. The minimum atomic E-state index is -0.141. The first-order valence-electron chi connectivity index (χ1n) is 12.5. The molecule has 0 aliphatic heterocycles. The molecule has 0 spiro atoms. The SMILES string of the molecule is CCCCc1cn(-c2ncnn2CC(C)C)c(=O)n1Cc1ccc(-c2ccccc2-c2nnn[nH]2)cn1. The van der Waals surface area contributed by atoms with Gasteiger partial charge in [0.05, 0.1) is 12.2 Å². The highest BCUT2D eigenvalue weighted by Gasteiger charge is 2.18. The van der Waals surface area contributed by atoms with Crippen LogP contribution in [-0.2, 0) is 19.5 Å². The summed E-state index contributed by atoms with van der Waals surface area (Å²) in [5.74, 6) is 1.52. The average molecular weight is 499 g/mol. The van der Waals surface area contributed by atoms with Gasteiger partial charge in [0.1, 0.15) is 6.33 Å². The fraction of sp³-hybridized carbons (Fsp3) is 0.346. The van der Waals surface area contributed by atoms with Gasteiger partial charge in [-0.25, -0.2) is 19.1 Å². The Bertz CT molecular complexity index is 1510. The minimum absolute atomic E-state index is 0.141. The monoisotopic (exact) mass is 498 g/mol. The van der Waals surface area contributed by atoms with E-state index in [2.05, 4.69) is 51.5 Å². The van der Waals surface area contributed by atoms with E-state index in [9.17, 15) is 4.79 Å². The highest BCUT2D eigenvalue weighted by atomic mass is 16.2. The molecule has 5 rings (SSSR count). The van der Waals surface area contributed by atoms with E-state index in [4.69, 9.17) is 4.98 Å². The predicted molar refractivity (Wildman–Crippen MR) is 139 cm³/mol. The van der Waals surface area contributed by atoms with Crippen LogP contribution in [0.5, 0.6) is 0 Å². The lowest BCUT2D eigenvalue weighted by Crippen LogP contribution is -2.27. The van der Waals surface area contributed by atoms with E-state index in [-0.39, 0.29) is 5.69 Å². The van der Waals surface area contributed by atoms with Gasteiger partial charge >= 0.3 is 5.69 Å². The molecule has 0 aliphatic rings. The van der Waals surface area contributed by atoms with Crippen LogP contribution in [0, 0.1) is 5.92 Å². The van der Waals surface area contributed by atoms with Gasteiger partial charge in [-0.1, -0.05) is 57.5 Å². The van der Waals surface area contributed by atoms with E-state index < -0.39 is 0 Å². The van der Waals surface area contributed by atoms with Gasteiger partial charge in [0.25, 0.3) is 0 Å². The van der Waals surface area contributed by atoms with Crippen LogP contribution in [0.2, 0.25) is 0 Å². The number of aryl methyl sites for hydroxylation is 1. The third-order valence-electron chi connectivity index (χ3n) is 6.18. The lowest BCUT2D eigenvalue weighted by atomic mass is 10.0. The Labute approximate surface area is 214 Å². The molecule has 1 N–H and O–H groups in total. The molecule has 190 valence electrons. The van der Waals surface area contributed by atoms with E-state index in [0.717, 1.165) is 47.3 Å². The number of tetrazole rings is 1. The van der Waals surface area contributed by atoms with Gasteiger partial charge < -0.3 is 0 Å². The summed E-state index contributed by atoms with van der Waals surface area (Å²) in [6.45, 7) is 7.43. The zero-order valence-electron chi connectivity index (χ0n) is 21.2. The van der Waals surface area contributed by atoms with Crippen LogP contribution >= 0.6 is 0 Å². The normalized spacial score (nSPS) is 11.5. The topological polar surface area (TPSA) is 125 Å². The van der Waals surface area contributed by atoms with Gasteiger partial charge in [-0.3, -0.25) is 9.55 Å². The van der Waals surface area contributed by atoms with Gasteiger partial charge in [-0.05, 0) is 40.8 Å². The maximum atomic E-state index is 13.6. The standard InChI is InChI=1S/C26H30N10O/c1-4-5-8-21-16-35(25-28-17-29-36(25)14-18(2)3)26(37)34(21)15-20-12-11-19(13-27-20)22-9-6-7-10-23(22)24-30-32-33-31-24/h6-7,9-13,16-18H,4-5,8,14-15H2,1-3H3,(H,30,31,32,33). The summed E-state index contributed by atoms with van der Waals surface area (Å²) in [6.07, 6.45) is 8.05. The number of hydrogen-bond donors (Lipinski definition) is 1. The zero-order chi connectivity index (χ0) is 25.8. The van der Waals surface area contributed by atoms with E-state index >= 15 is 0 Å². The third kappa shape index (κ3) is 5.11. The second kappa shape index (κ2) is 10.7. The first kappa shape index (κ1) is 24.3. The number of imidazole rings is 1. The molecule has 4 aromatic heterocycles. The average Bonchev–Trinajstić information content (AvgIpc) is 3.65. The van der Waals surface area contributed by atoms with Crippen LogP contribution in [0.25, 0.3) is 28.5 Å². The molecule has 0 unspecified atom stereocenters. The summed E-state index contributed by atoms with van der Waals surface area (Å²) in [6, 6.07) is 11.9. The number of nitrogens with zero attached hydrogens (tertiary/aromatic N) is 9. The molecule has 0 atom stereocenters. The quantitative estimate of drug-likeness (QED) is 0.312. The molecule has 0 saturated heterocycles. The molecular weight excluding hydrogens is 468 g/mol. The minimum Gasteiger partial charge on any atom is -0.290 e. The maximum absolute atomic E-state index is 13.6. The summed E-state index contributed by atoms with van der Waals surface area (Å²) in [5.41, 5.74) is 4.41. The molecule has 11 heteroatoms. The van der Waals surface area contributed by atoms with Crippen molar-refractivity contribution in [1.29, 1.82) is 0 Å². The Morgan fingerprint density at radius 2 is 1.89 bits per heavy atom. The molecular formula is C26H30N10O. The summed E-state index contributed by atoms with van der Waals surface area (Å²) in [7, 11) is 0. The molecule has 0 aliphatic carbocycles. The number of aromatic nitrogens is 10. The highest BCUT2D eigenvalue weighted by molar-refractivity contribution is 5.79. The fourth-order valence-electron chi connectivity index (χ4n) is 4.37. The van der Waals surface area contributed by atoms with Gasteiger partial charge in [-0.15, -0.1) is 5.10 Å². The number of hydrogen-bond acceptors (Lipinski definition) is 7. The van der Waals surface area contributed by atoms with Crippen molar-refractivity contribution >= 4 is 0 Å². The summed E-state index contributed by atoms with van der Waals surface area (Å²) < 4.78 is 5.19. The first-order chi connectivity index (χ1) is 18.0. The molecule has 0 saturated carbocycles. The van der Waals surface area contributed by atoms with Crippen LogP contribution in [-0.4, -0.2) is 49.5 Å². The summed E-state index contributed by atoms with van der Waals surface area (Å²) >= 11 is 0. The molecule has 1 aromatic carbocycles. The zero-order valence-corrected chi connectivity index (χ0v) is 21.2. The number of benzene rings is 1. The predicted octanol–water partition coefficient (Wildman–Crippen LogP) is 3.52. The van der Waals surface area contributed by atoms with Gasteiger partial charge in [0.15, 0.2) is 5.82 Å². The van der Waals surface area contributed by atoms with E-state index in [1.807, 2.05) is 48.8 Å². The number of H-pyrrole nitrogens is 1. The van der Waals surface area contributed by atoms with Crippen LogP contribution in [0.4, 0.5) is 0 Å². The second-order valence-electron chi connectivity index (χ2n) is 9.43. The number of unbranched alkanes of at least 4 members (excludes halogenated alkanes) is 1. The molecule has 0 amide bonds. The summed E-state index contributed by atoms with van der Waals surface area (Å²) in [5, 5.41) is 18.6. The lowest BCUT2D eigenvalue weighted by Gasteiger charge is -2.09. The highest BCUT2D eigenvalue weighted by Crippen LogP contribution is 2.29. The van der Waals surface area contributed by atoms with Crippen LogP contribution in [0.1, 0.15) is 45.0 Å². The van der Waals surface area contributed by atoms with Crippen LogP contribution in [0.3, 0.4) is 0 Å². The first-order valence-corrected chi connectivity index (χ1v) is 12.5. The van der Waals surface area contributed by atoms with Crippen molar-refractivity contribution in [2.45, 2.75) is 53.1 Å². The molecule has 0 fully saturated rings. The Morgan fingerprint density at radius 1 is 1.05 bits per heavy atom. The number of nitrogens with one attached hydrogen (secondary N) is 1. The number of rotatable bonds is 10. The van der Waals surface area contributed by atoms with E-state index in [1.54, 1.807) is 13.8 Å². The Balaban J connectivity index is 1.46. The van der Waals surface area contributed by atoms with Crippen molar-refractivity contribution in [2.75, 3.05) is 0 Å². The maximum Gasteiger partial charge on any atom is 0.335 e. The third-order valence-corrected chi connectivity index (χ3v) is 6.18. The molecule has 11 nitrogen and oxygen atoms in total. The Kier molecular flexibility index (Phi) is 7.02. The molecule has 5 aromatic rings. The summed E-state index contributed by atoms with van der Waals surface area (Å²) in [4.78, 5) is 22.6. The molecule has 0 bridgehead atoms. The van der Waals surface area contributed by atoms with Crippen LogP contribution < -0.4 is 5.69 Å². The van der Waals surface area contributed by atoms with E-state index in [1.165, 1.54) is 6.33 Å². The van der Waals surface area contributed by atoms with Crippen molar-refractivity contribution in [3.05, 3.63) is 77.0 Å². The van der Waals surface area contributed by atoms with Crippen molar-refractivity contribution in [3.8, 4) is 28.5 Å². The fourth-order valence-corrected chi connectivity index (χ4v) is 4.37. The smallest absolute Gasteiger partial charge is 0.290 e. The van der Waals surface area contributed by atoms with Crippen molar-refractivity contribution in [1.82, 2.24) is 49.5 Å². The molecule has 37 heavy (non-hydrogen) atoms. The molecule has 4 heterocycles. The lowest BCUT2D eigenvalue weighted by molar-refractivity contribution is 0.473. The Hall–Kier alpha value is -4.41.